The zero-order chi connectivity index (χ0) is 26.3. The number of likely N-dealkylation sites (N-methyl/N-ethyl adjacent to an activating group) is 1. The highest BCUT2D eigenvalue weighted by molar-refractivity contribution is 9.10. The number of carbonyl (C=O) groups excluding carboxylic acids is 2. The van der Waals surface area contributed by atoms with Gasteiger partial charge in [-0.25, -0.2) is 8.42 Å². The summed E-state index contributed by atoms with van der Waals surface area (Å²) in [5, 5.41) is 2.58. The second-order valence-electron chi connectivity index (χ2n) is 8.25. The van der Waals surface area contributed by atoms with Crippen molar-refractivity contribution in [2.45, 2.75) is 37.8 Å². The van der Waals surface area contributed by atoms with Crippen LogP contribution in [0, 0.1) is 0 Å². The molecule has 2 amide bonds. The molecule has 3 aromatic rings. The zero-order valence-corrected chi connectivity index (χ0v) is 22.9. The summed E-state index contributed by atoms with van der Waals surface area (Å²) in [6.45, 7) is 3.26. The molecule has 0 bridgehead atoms. The van der Waals surface area contributed by atoms with Gasteiger partial charge in [0.15, 0.2) is 0 Å². The average Bonchev–Trinajstić information content (AvgIpc) is 2.90. The number of hydrogen-bond acceptors (Lipinski definition) is 4. The standard InChI is InChI=1S/C27H30BrN3O4S/c1-4-22-10-8-9-13-25(22)31(36(34,35)24-11-6-5-7-12-24)19-26(32)30(20(2)27(33)29-3)18-21-14-16-23(28)17-15-21/h5-17,20H,4,18-19H2,1-3H3,(H,29,33). The maximum atomic E-state index is 13.8. The van der Waals surface area contributed by atoms with E-state index in [2.05, 4.69) is 21.2 Å². The number of nitrogens with zero attached hydrogens (tertiary/aromatic N) is 2. The number of aryl methyl sites for hydroxylation is 1. The van der Waals surface area contributed by atoms with Gasteiger partial charge in [0.1, 0.15) is 12.6 Å². The molecule has 0 radical (unpaired) electrons. The van der Waals surface area contributed by atoms with E-state index in [4.69, 9.17) is 0 Å². The fourth-order valence-electron chi connectivity index (χ4n) is 3.86. The van der Waals surface area contributed by atoms with E-state index in [0.29, 0.717) is 12.1 Å². The Morgan fingerprint density at radius 1 is 0.944 bits per heavy atom. The topological polar surface area (TPSA) is 86.8 Å². The van der Waals surface area contributed by atoms with E-state index in [-0.39, 0.29) is 17.3 Å². The fraction of sp³-hybridized carbons (Fsp3) is 0.259. The van der Waals surface area contributed by atoms with Crippen molar-refractivity contribution in [2.24, 2.45) is 0 Å². The van der Waals surface area contributed by atoms with Crippen LogP contribution in [-0.4, -0.2) is 44.8 Å². The van der Waals surface area contributed by atoms with Crippen molar-refractivity contribution in [2.75, 3.05) is 17.9 Å². The van der Waals surface area contributed by atoms with Gasteiger partial charge in [0.2, 0.25) is 11.8 Å². The number of halogens is 1. The monoisotopic (exact) mass is 571 g/mol. The first kappa shape index (κ1) is 27.4. The third-order valence-corrected chi connectivity index (χ3v) is 8.23. The fourth-order valence-corrected chi connectivity index (χ4v) is 5.60. The number of hydrogen-bond donors (Lipinski definition) is 1. The lowest BCUT2D eigenvalue weighted by Crippen LogP contribution is -2.50. The molecule has 0 heterocycles. The Kier molecular flexibility index (Phi) is 9.28. The third kappa shape index (κ3) is 6.33. The number of amides is 2. The zero-order valence-electron chi connectivity index (χ0n) is 20.5. The summed E-state index contributed by atoms with van der Waals surface area (Å²) in [6, 6.07) is 21.8. The first-order chi connectivity index (χ1) is 17.2. The van der Waals surface area contributed by atoms with Crippen LogP contribution in [0.5, 0.6) is 0 Å². The number of benzene rings is 3. The number of nitrogens with one attached hydrogen (secondary N) is 1. The van der Waals surface area contributed by atoms with Crippen LogP contribution in [0.3, 0.4) is 0 Å². The molecular formula is C27H30BrN3O4S. The highest BCUT2D eigenvalue weighted by atomic mass is 79.9. The smallest absolute Gasteiger partial charge is 0.264 e. The third-order valence-electron chi connectivity index (χ3n) is 5.93. The van der Waals surface area contributed by atoms with Gasteiger partial charge in [-0.05, 0) is 54.8 Å². The minimum absolute atomic E-state index is 0.0857. The molecule has 1 atom stereocenters. The minimum atomic E-state index is -4.07. The van der Waals surface area contributed by atoms with E-state index in [0.717, 1.165) is 19.9 Å². The van der Waals surface area contributed by atoms with Crippen LogP contribution in [0.15, 0.2) is 88.2 Å². The summed E-state index contributed by atoms with van der Waals surface area (Å²) in [5.41, 5.74) is 2.05. The van der Waals surface area contributed by atoms with Crippen molar-refractivity contribution in [3.8, 4) is 0 Å². The Labute approximate surface area is 221 Å². The van der Waals surface area contributed by atoms with Gasteiger partial charge < -0.3 is 10.2 Å². The second kappa shape index (κ2) is 12.2. The number of sulfonamides is 1. The summed E-state index contributed by atoms with van der Waals surface area (Å²) in [5.74, 6) is -0.827. The first-order valence-corrected chi connectivity index (χ1v) is 13.8. The molecule has 0 aliphatic rings. The van der Waals surface area contributed by atoms with Gasteiger partial charge in [-0.3, -0.25) is 13.9 Å². The second-order valence-corrected chi connectivity index (χ2v) is 11.0. The van der Waals surface area contributed by atoms with E-state index >= 15 is 0 Å². The van der Waals surface area contributed by atoms with Crippen molar-refractivity contribution < 1.29 is 18.0 Å². The Bertz CT molecular complexity index is 1300. The van der Waals surface area contributed by atoms with Crippen molar-refractivity contribution in [3.63, 3.8) is 0 Å². The van der Waals surface area contributed by atoms with Gasteiger partial charge >= 0.3 is 0 Å². The molecule has 0 aliphatic carbocycles. The van der Waals surface area contributed by atoms with Crippen molar-refractivity contribution in [3.05, 3.63) is 94.5 Å². The van der Waals surface area contributed by atoms with Crippen LogP contribution in [0.2, 0.25) is 0 Å². The molecule has 0 saturated heterocycles. The summed E-state index contributed by atoms with van der Waals surface area (Å²) in [7, 11) is -2.56. The summed E-state index contributed by atoms with van der Waals surface area (Å²) < 4.78 is 29.6. The highest BCUT2D eigenvalue weighted by Gasteiger charge is 2.32. The summed E-state index contributed by atoms with van der Waals surface area (Å²) >= 11 is 3.40. The van der Waals surface area contributed by atoms with Gasteiger partial charge in [-0.1, -0.05) is 71.4 Å². The van der Waals surface area contributed by atoms with Crippen molar-refractivity contribution in [1.29, 1.82) is 0 Å². The number of rotatable bonds is 10. The minimum Gasteiger partial charge on any atom is -0.357 e. The van der Waals surface area contributed by atoms with Crippen LogP contribution in [0.25, 0.3) is 0 Å². The quantitative estimate of drug-likeness (QED) is 0.391. The SMILES string of the molecule is CCc1ccccc1N(CC(=O)N(Cc1ccc(Br)cc1)C(C)C(=O)NC)S(=O)(=O)c1ccccc1. The molecule has 1 unspecified atom stereocenters. The van der Waals surface area contributed by atoms with Gasteiger partial charge in [-0.2, -0.15) is 0 Å². The van der Waals surface area contributed by atoms with Crippen molar-refractivity contribution >= 4 is 43.5 Å². The lowest BCUT2D eigenvalue weighted by molar-refractivity contribution is -0.139. The van der Waals surface area contributed by atoms with Gasteiger partial charge in [0.25, 0.3) is 10.0 Å². The molecule has 190 valence electrons. The van der Waals surface area contributed by atoms with E-state index in [1.807, 2.05) is 43.3 Å². The normalized spacial score (nSPS) is 12.0. The predicted octanol–water partition coefficient (Wildman–Crippen LogP) is 4.37. The molecule has 36 heavy (non-hydrogen) atoms. The summed E-state index contributed by atoms with van der Waals surface area (Å²) in [4.78, 5) is 27.8. The Morgan fingerprint density at radius 2 is 1.56 bits per heavy atom. The Morgan fingerprint density at radius 3 is 2.17 bits per heavy atom. The number of anilines is 1. The summed E-state index contributed by atoms with van der Waals surface area (Å²) in [6.07, 6.45) is 0.586. The van der Waals surface area contributed by atoms with Crippen LogP contribution in [0.1, 0.15) is 25.0 Å². The number of para-hydroxylation sites is 1. The molecule has 0 aromatic heterocycles. The average molecular weight is 573 g/mol. The van der Waals surface area contributed by atoms with Crippen molar-refractivity contribution in [1.82, 2.24) is 10.2 Å². The van der Waals surface area contributed by atoms with E-state index in [9.17, 15) is 18.0 Å². The Hall–Kier alpha value is -3.17. The largest absolute Gasteiger partial charge is 0.357 e. The Balaban J connectivity index is 2.05. The highest BCUT2D eigenvalue weighted by Crippen LogP contribution is 2.28. The van der Waals surface area contributed by atoms with E-state index < -0.39 is 28.5 Å². The maximum Gasteiger partial charge on any atom is 0.264 e. The molecule has 3 aromatic carbocycles. The molecule has 9 heteroatoms. The first-order valence-electron chi connectivity index (χ1n) is 11.6. The molecule has 0 fully saturated rings. The number of carbonyl (C=O) groups is 2. The molecule has 3 rings (SSSR count). The predicted molar refractivity (Wildman–Crippen MR) is 145 cm³/mol. The molecular weight excluding hydrogens is 542 g/mol. The van der Waals surface area contributed by atoms with Gasteiger partial charge in [0.05, 0.1) is 10.6 Å². The molecule has 7 nitrogen and oxygen atoms in total. The maximum absolute atomic E-state index is 13.8. The lowest BCUT2D eigenvalue weighted by Gasteiger charge is -2.32. The van der Waals surface area contributed by atoms with Crippen LogP contribution in [-0.2, 0) is 32.6 Å². The molecule has 0 spiro atoms. The molecule has 1 N–H and O–H groups in total. The van der Waals surface area contributed by atoms with Gasteiger partial charge in [-0.15, -0.1) is 0 Å². The molecule has 0 saturated carbocycles. The van der Waals surface area contributed by atoms with Crippen LogP contribution >= 0.6 is 15.9 Å². The van der Waals surface area contributed by atoms with Gasteiger partial charge in [0, 0.05) is 18.1 Å². The van der Waals surface area contributed by atoms with E-state index in [1.165, 1.54) is 24.1 Å². The lowest BCUT2D eigenvalue weighted by atomic mass is 10.1. The van der Waals surface area contributed by atoms with Crippen LogP contribution in [0.4, 0.5) is 5.69 Å². The van der Waals surface area contributed by atoms with Crippen LogP contribution < -0.4 is 9.62 Å². The molecule has 0 aliphatic heterocycles. The van der Waals surface area contributed by atoms with E-state index in [1.54, 1.807) is 37.3 Å².